The van der Waals surface area contributed by atoms with Gasteiger partial charge in [0.15, 0.2) is 0 Å². The van der Waals surface area contributed by atoms with E-state index < -0.39 is 11.5 Å². The van der Waals surface area contributed by atoms with Crippen molar-refractivity contribution in [2.45, 2.75) is 71.3 Å². The summed E-state index contributed by atoms with van der Waals surface area (Å²) >= 11 is 0. The highest BCUT2D eigenvalue weighted by atomic mass is 16.4. The smallest absolute Gasteiger partial charge is 0.329 e. The Morgan fingerprint density at radius 1 is 1.17 bits per heavy atom. The highest BCUT2D eigenvalue weighted by Gasteiger charge is 2.37. The topological polar surface area (TPSA) is 98.7 Å². The van der Waals surface area contributed by atoms with Gasteiger partial charge in [-0.15, -0.1) is 0 Å². The molecule has 1 atom stereocenters. The van der Waals surface area contributed by atoms with Gasteiger partial charge in [-0.1, -0.05) is 44.7 Å². The van der Waals surface area contributed by atoms with Gasteiger partial charge >= 0.3 is 12.0 Å². The number of rotatable bonds is 9. The number of carboxylic acid groups (broad SMARTS) is 1. The quantitative estimate of drug-likeness (QED) is 0.525. The maximum absolute atomic E-state index is 12.7. The molecule has 1 aromatic carbocycles. The molecule has 0 unspecified atom stereocenters. The summed E-state index contributed by atoms with van der Waals surface area (Å²) in [5, 5.41) is 15.3. The molecule has 0 aliphatic carbocycles. The number of likely N-dealkylation sites (tertiary alicyclic amines) is 1. The highest BCUT2D eigenvalue weighted by Crippen LogP contribution is 2.22. The third-order valence-electron chi connectivity index (χ3n) is 5.82. The van der Waals surface area contributed by atoms with E-state index in [1.807, 2.05) is 31.2 Å². The number of carbonyl (C=O) groups excluding carboxylic acids is 2. The fraction of sp³-hybridized carbons (Fsp3) is 0.609. The van der Waals surface area contributed by atoms with Crippen molar-refractivity contribution >= 4 is 23.6 Å². The van der Waals surface area contributed by atoms with Crippen LogP contribution in [0.4, 0.5) is 10.5 Å². The molecule has 3 amide bonds. The number of unbranched alkanes of at least 4 members (excludes halogenated alkanes) is 3. The number of nitrogens with one attached hydrogen (secondary N) is 2. The fourth-order valence-electron chi connectivity index (χ4n) is 3.77. The Labute approximate surface area is 179 Å². The molecule has 1 fully saturated rings. The molecule has 1 aliphatic rings. The van der Waals surface area contributed by atoms with Crippen molar-refractivity contribution in [2.75, 3.05) is 18.4 Å². The fourth-order valence-corrected chi connectivity index (χ4v) is 3.77. The largest absolute Gasteiger partial charge is 0.480 e. The third-order valence-corrected chi connectivity index (χ3v) is 5.82. The molecule has 30 heavy (non-hydrogen) atoms. The molecule has 1 aromatic rings. The van der Waals surface area contributed by atoms with E-state index in [1.165, 1.54) is 0 Å². The first-order chi connectivity index (χ1) is 14.2. The molecule has 1 aliphatic heterocycles. The van der Waals surface area contributed by atoms with Gasteiger partial charge in [0.1, 0.15) is 5.54 Å². The van der Waals surface area contributed by atoms with Crippen LogP contribution >= 0.6 is 0 Å². The van der Waals surface area contributed by atoms with E-state index >= 15 is 0 Å². The standard InChI is InChI=1S/C23H35N3O4/c1-4-5-6-7-13-23(3,21(28)29)25-20(27)18-11-14-26(15-12-18)22(30)24-19-10-8-9-17(2)16-19/h8-10,16,18H,4-7,11-15H2,1-3H3,(H,24,30)(H,25,27)(H,28,29)/t23-/m0/s1. The van der Waals surface area contributed by atoms with Crippen molar-refractivity contribution in [3.63, 3.8) is 0 Å². The van der Waals surface area contributed by atoms with Gasteiger partial charge < -0.3 is 20.6 Å². The Hall–Kier alpha value is -2.57. The second kappa shape index (κ2) is 11.0. The molecular formula is C23H35N3O4. The molecule has 0 spiro atoms. The van der Waals surface area contributed by atoms with E-state index in [2.05, 4.69) is 17.6 Å². The first-order valence-electron chi connectivity index (χ1n) is 10.9. The molecular weight excluding hydrogens is 382 g/mol. The van der Waals surface area contributed by atoms with Crippen LogP contribution in [0.1, 0.15) is 64.4 Å². The van der Waals surface area contributed by atoms with Crippen LogP contribution in [0.2, 0.25) is 0 Å². The first kappa shape index (κ1) is 23.7. The molecule has 2 rings (SSSR count). The SMILES string of the molecule is CCCCCC[C@](C)(NC(=O)C1CCN(C(=O)Nc2cccc(C)c2)CC1)C(=O)O. The van der Waals surface area contributed by atoms with Gasteiger partial charge in [-0.2, -0.15) is 0 Å². The number of nitrogens with zero attached hydrogens (tertiary/aromatic N) is 1. The number of aryl methyl sites for hydroxylation is 1. The number of carbonyl (C=O) groups is 3. The van der Waals surface area contributed by atoms with Gasteiger partial charge in [0.2, 0.25) is 5.91 Å². The lowest BCUT2D eigenvalue weighted by atomic mass is 9.90. The molecule has 0 bridgehead atoms. The lowest BCUT2D eigenvalue weighted by Crippen LogP contribution is -2.55. The predicted molar refractivity (Wildman–Crippen MR) is 117 cm³/mol. The zero-order valence-corrected chi connectivity index (χ0v) is 18.4. The Morgan fingerprint density at radius 2 is 1.87 bits per heavy atom. The van der Waals surface area contributed by atoms with Crippen molar-refractivity contribution < 1.29 is 19.5 Å². The van der Waals surface area contributed by atoms with Crippen LogP contribution in [-0.4, -0.2) is 46.5 Å². The van der Waals surface area contributed by atoms with Crippen LogP contribution in [-0.2, 0) is 9.59 Å². The molecule has 1 heterocycles. The summed E-state index contributed by atoms with van der Waals surface area (Å²) < 4.78 is 0. The summed E-state index contributed by atoms with van der Waals surface area (Å²) in [6.45, 7) is 6.59. The van der Waals surface area contributed by atoms with E-state index in [0.29, 0.717) is 32.4 Å². The second-order valence-electron chi connectivity index (χ2n) is 8.50. The van der Waals surface area contributed by atoms with Crippen molar-refractivity contribution in [3.05, 3.63) is 29.8 Å². The average Bonchev–Trinajstić information content (AvgIpc) is 2.71. The van der Waals surface area contributed by atoms with Gasteiger partial charge in [0.05, 0.1) is 0 Å². The lowest BCUT2D eigenvalue weighted by molar-refractivity contribution is -0.148. The maximum atomic E-state index is 12.7. The third kappa shape index (κ3) is 6.75. The Morgan fingerprint density at radius 3 is 2.47 bits per heavy atom. The molecule has 7 nitrogen and oxygen atoms in total. The summed E-state index contributed by atoms with van der Waals surface area (Å²) in [7, 11) is 0. The summed E-state index contributed by atoms with van der Waals surface area (Å²) in [5.74, 6) is -1.50. The molecule has 0 radical (unpaired) electrons. The number of benzene rings is 1. The van der Waals surface area contributed by atoms with Crippen LogP contribution in [0.5, 0.6) is 0 Å². The van der Waals surface area contributed by atoms with Crippen LogP contribution in [0, 0.1) is 12.8 Å². The zero-order chi connectivity index (χ0) is 22.1. The molecule has 7 heteroatoms. The van der Waals surface area contributed by atoms with E-state index in [1.54, 1.807) is 11.8 Å². The Kier molecular flexibility index (Phi) is 8.69. The predicted octanol–water partition coefficient (Wildman–Crippen LogP) is 4.17. The first-order valence-corrected chi connectivity index (χ1v) is 10.9. The lowest BCUT2D eigenvalue weighted by Gasteiger charge is -2.34. The van der Waals surface area contributed by atoms with Gasteiger partial charge in [0, 0.05) is 24.7 Å². The number of hydrogen-bond acceptors (Lipinski definition) is 3. The molecule has 0 saturated carbocycles. The van der Waals surface area contributed by atoms with Gasteiger partial charge in [-0.25, -0.2) is 9.59 Å². The number of anilines is 1. The van der Waals surface area contributed by atoms with Gasteiger partial charge in [-0.05, 0) is 50.8 Å². The summed E-state index contributed by atoms with van der Waals surface area (Å²) in [6.07, 6.45) is 5.35. The van der Waals surface area contributed by atoms with Gasteiger partial charge in [0.25, 0.3) is 0 Å². The summed E-state index contributed by atoms with van der Waals surface area (Å²) in [6, 6.07) is 7.44. The average molecular weight is 418 g/mol. The van der Waals surface area contributed by atoms with Crippen molar-refractivity contribution in [3.8, 4) is 0 Å². The van der Waals surface area contributed by atoms with Crippen LogP contribution < -0.4 is 10.6 Å². The summed E-state index contributed by atoms with van der Waals surface area (Å²) in [4.78, 5) is 38.7. The van der Waals surface area contributed by atoms with E-state index in [4.69, 9.17) is 0 Å². The van der Waals surface area contributed by atoms with Crippen molar-refractivity contribution in [1.82, 2.24) is 10.2 Å². The van der Waals surface area contributed by atoms with Crippen LogP contribution in [0.25, 0.3) is 0 Å². The minimum absolute atomic E-state index is 0.175. The van der Waals surface area contributed by atoms with Crippen LogP contribution in [0.15, 0.2) is 24.3 Å². The number of carboxylic acids is 1. The molecule has 0 aromatic heterocycles. The molecule has 3 N–H and O–H groups in total. The second-order valence-corrected chi connectivity index (χ2v) is 8.50. The molecule has 166 valence electrons. The number of urea groups is 1. The highest BCUT2D eigenvalue weighted by molar-refractivity contribution is 5.90. The Balaban J connectivity index is 1.84. The number of piperidine rings is 1. The minimum atomic E-state index is -1.25. The van der Waals surface area contributed by atoms with Gasteiger partial charge in [-0.3, -0.25) is 4.79 Å². The summed E-state index contributed by atoms with van der Waals surface area (Å²) in [5.41, 5.74) is 0.573. The normalized spacial score (nSPS) is 16.6. The van der Waals surface area contributed by atoms with Crippen molar-refractivity contribution in [1.29, 1.82) is 0 Å². The van der Waals surface area contributed by atoms with E-state index in [9.17, 15) is 19.5 Å². The number of aliphatic carboxylic acids is 1. The zero-order valence-electron chi connectivity index (χ0n) is 18.4. The van der Waals surface area contributed by atoms with Crippen molar-refractivity contribution in [2.24, 2.45) is 5.92 Å². The van der Waals surface area contributed by atoms with E-state index in [-0.39, 0.29) is 17.9 Å². The minimum Gasteiger partial charge on any atom is -0.480 e. The molecule has 1 saturated heterocycles. The van der Waals surface area contributed by atoms with E-state index in [0.717, 1.165) is 36.9 Å². The monoisotopic (exact) mass is 417 g/mol. The van der Waals surface area contributed by atoms with Crippen LogP contribution in [0.3, 0.4) is 0 Å². The maximum Gasteiger partial charge on any atom is 0.329 e. The number of amides is 3. The number of hydrogen-bond donors (Lipinski definition) is 3. The Bertz CT molecular complexity index is 744.